The van der Waals surface area contributed by atoms with Gasteiger partial charge >= 0.3 is 0 Å². The second-order valence-corrected chi connectivity index (χ2v) is 8.28. The standard InChI is InChI=1S/C24H33N5O/c30-24(21-9-15-28(16-10-21)23-7-12-25-13-8-23)26-11-4-14-27-17-19-29(20-18-27)22-5-2-1-3-6-22/h1-3,5-8,12-13,21H,4,9-11,14-20H2,(H,26,30). The highest BCUT2D eigenvalue weighted by Gasteiger charge is 2.25. The van der Waals surface area contributed by atoms with Gasteiger partial charge in [0.1, 0.15) is 0 Å². The molecule has 0 radical (unpaired) electrons. The van der Waals surface area contributed by atoms with Crippen molar-refractivity contribution in [1.82, 2.24) is 15.2 Å². The van der Waals surface area contributed by atoms with E-state index in [0.29, 0.717) is 0 Å². The van der Waals surface area contributed by atoms with Crippen LogP contribution in [0.1, 0.15) is 19.3 Å². The second-order valence-electron chi connectivity index (χ2n) is 8.28. The van der Waals surface area contributed by atoms with Gasteiger partial charge in [0.25, 0.3) is 0 Å². The van der Waals surface area contributed by atoms with E-state index in [1.807, 2.05) is 24.5 Å². The van der Waals surface area contributed by atoms with E-state index in [0.717, 1.165) is 71.6 Å². The van der Waals surface area contributed by atoms with Gasteiger partial charge in [-0.25, -0.2) is 0 Å². The van der Waals surface area contributed by atoms with Crippen molar-refractivity contribution in [3.05, 3.63) is 54.9 Å². The summed E-state index contributed by atoms with van der Waals surface area (Å²) in [7, 11) is 0. The van der Waals surface area contributed by atoms with E-state index < -0.39 is 0 Å². The first-order valence-corrected chi connectivity index (χ1v) is 11.2. The molecule has 2 aliphatic rings. The van der Waals surface area contributed by atoms with Crippen LogP contribution in [0.15, 0.2) is 54.9 Å². The van der Waals surface area contributed by atoms with E-state index in [2.05, 4.69) is 55.3 Å². The molecule has 0 unspecified atom stereocenters. The summed E-state index contributed by atoms with van der Waals surface area (Å²) in [5, 5.41) is 3.18. The minimum absolute atomic E-state index is 0.150. The third-order valence-electron chi connectivity index (χ3n) is 6.34. The number of anilines is 2. The number of piperazine rings is 1. The van der Waals surface area contributed by atoms with Gasteiger partial charge in [-0.2, -0.15) is 0 Å². The Kier molecular flexibility index (Phi) is 7.19. The lowest BCUT2D eigenvalue weighted by atomic mass is 9.95. The summed E-state index contributed by atoms with van der Waals surface area (Å²) in [4.78, 5) is 23.9. The van der Waals surface area contributed by atoms with Crippen molar-refractivity contribution in [3.8, 4) is 0 Å². The zero-order chi connectivity index (χ0) is 20.6. The minimum Gasteiger partial charge on any atom is -0.371 e. The second kappa shape index (κ2) is 10.4. The largest absolute Gasteiger partial charge is 0.371 e. The van der Waals surface area contributed by atoms with Crippen molar-refractivity contribution >= 4 is 17.3 Å². The molecule has 1 aromatic carbocycles. The molecular weight excluding hydrogens is 374 g/mol. The molecule has 6 heteroatoms. The van der Waals surface area contributed by atoms with Gasteiger partial charge in [0.15, 0.2) is 0 Å². The number of piperidine rings is 1. The van der Waals surface area contributed by atoms with E-state index in [1.165, 1.54) is 11.4 Å². The van der Waals surface area contributed by atoms with E-state index in [-0.39, 0.29) is 11.8 Å². The zero-order valence-corrected chi connectivity index (χ0v) is 17.7. The Morgan fingerprint density at radius 1 is 0.867 bits per heavy atom. The number of carbonyl (C=O) groups excluding carboxylic acids is 1. The highest BCUT2D eigenvalue weighted by Crippen LogP contribution is 2.22. The monoisotopic (exact) mass is 407 g/mol. The number of nitrogens with zero attached hydrogens (tertiary/aromatic N) is 4. The highest BCUT2D eigenvalue weighted by atomic mass is 16.1. The maximum Gasteiger partial charge on any atom is 0.223 e. The zero-order valence-electron chi connectivity index (χ0n) is 17.7. The number of rotatable bonds is 7. The molecule has 0 atom stereocenters. The van der Waals surface area contributed by atoms with Crippen LogP contribution in [0.25, 0.3) is 0 Å². The van der Waals surface area contributed by atoms with Crippen molar-refractivity contribution in [3.63, 3.8) is 0 Å². The smallest absolute Gasteiger partial charge is 0.223 e. The third kappa shape index (κ3) is 5.51. The predicted molar refractivity (Wildman–Crippen MR) is 122 cm³/mol. The van der Waals surface area contributed by atoms with Crippen LogP contribution in [0.3, 0.4) is 0 Å². The lowest BCUT2D eigenvalue weighted by Gasteiger charge is -2.36. The van der Waals surface area contributed by atoms with Crippen LogP contribution in [0.4, 0.5) is 11.4 Å². The van der Waals surface area contributed by atoms with Crippen LogP contribution in [-0.2, 0) is 4.79 Å². The Bertz CT molecular complexity index is 769. The summed E-state index contributed by atoms with van der Waals surface area (Å²) in [5.41, 5.74) is 2.52. The van der Waals surface area contributed by atoms with E-state index in [4.69, 9.17) is 0 Å². The van der Waals surface area contributed by atoms with Gasteiger partial charge in [-0.3, -0.25) is 14.7 Å². The van der Waals surface area contributed by atoms with Gasteiger partial charge in [-0.15, -0.1) is 0 Å². The molecule has 3 heterocycles. The lowest BCUT2D eigenvalue weighted by molar-refractivity contribution is -0.125. The fraction of sp³-hybridized carbons (Fsp3) is 0.500. The van der Waals surface area contributed by atoms with Gasteiger partial charge in [0.05, 0.1) is 0 Å². The molecule has 0 aliphatic carbocycles. The Morgan fingerprint density at radius 3 is 2.20 bits per heavy atom. The fourth-order valence-electron chi connectivity index (χ4n) is 4.48. The molecule has 0 saturated carbocycles. The topological polar surface area (TPSA) is 51.7 Å². The first-order valence-electron chi connectivity index (χ1n) is 11.2. The number of pyridine rings is 1. The summed E-state index contributed by atoms with van der Waals surface area (Å²) in [5.74, 6) is 0.385. The summed E-state index contributed by atoms with van der Waals surface area (Å²) < 4.78 is 0. The molecule has 4 rings (SSSR count). The van der Waals surface area contributed by atoms with Crippen LogP contribution < -0.4 is 15.1 Å². The molecule has 30 heavy (non-hydrogen) atoms. The summed E-state index contributed by atoms with van der Waals surface area (Å²) in [6.07, 6.45) is 6.53. The van der Waals surface area contributed by atoms with E-state index in [9.17, 15) is 4.79 Å². The van der Waals surface area contributed by atoms with Crippen molar-refractivity contribution in [1.29, 1.82) is 0 Å². The molecule has 160 valence electrons. The molecule has 2 aromatic rings. The molecule has 1 N–H and O–H groups in total. The number of aromatic nitrogens is 1. The number of hydrogen-bond donors (Lipinski definition) is 1. The SMILES string of the molecule is O=C(NCCCN1CCN(c2ccccc2)CC1)C1CCN(c2ccncc2)CC1. The number of para-hydroxylation sites is 1. The quantitative estimate of drug-likeness (QED) is 0.715. The summed E-state index contributed by atoms with van der Waals surface area (Å²) in [6, 6.07) is 14.7. The number of hydrogen-bond acceptors (Lipinski definition) is 5. The Balaban J connectivity index is 1.09. The third-order valence-corrected chi connectivity index (χ3v) is 6.34. The number of benzene rings is 1. The number of amides is 1. The molecule has 2 aliphatic heterocycles. The Labute approximate surface area is 179 Å². The molecule has 6 nitrogen and oxygen atoms in total. The summed E-state index contributed by atoms with van der Waals surface area (Å²) >= 11 is 0. The van der Waals surface area contributed by atoms with Crippen LogP contribution >= 0.6 is 0 Å². The normalized spacial score (nSPS) is 18.4. The van der Waals surface area contributed by atoms with Gasteiger partial charge in [0.2, 0.25) is 5.91 Å². The minimum atomic E-state index is 0.150. The average molecular weight is 408 g/mol. The van der Waals surface area contributed by atoms with Crippen LogP contribution in [0.5, 0.6) is 0 Å². The fourth-order valence-corrected chi connectivity index (χ4v) is 4.48. The van der Waals surface area contributed by atoms with Crippen LogP contribution in [0, 0.1) is 5.92 Å². The van der Waals surface area contributed by atoms with E-state index >= 15 is 0 Å². The van der Waals surface area contributed by atoms with Gasteiger partial charge in [-0.1, -0.05) is 18.2 Å². The number of nitrogens with one attached hydrogen (secondary N) is 1. The molecular formula is C24H33N5O. The molecule has 0 spiro atoms. The molecule has 2 fully saturated rings. The van der Waals surface area contributed by atoms with Gasteiger partial charge in [0, 0.05) is 75.5 Å². The lowest BCUT2D eigenvalue weighted by Crippen LogP contribution is -2.47. The van der Waals surface area contributed by atoms with Gasteiger partial charge in [-0.05, 0) is 50.1 Å². The first kappa shape index (κ1) is 20.7. The molecule has 2 saturated heterocycles. The van der Waals surface area contributed by atoms with Crippen molar-refractivity contribution < 1.29 is 4.79 Å². The van der Waals surface area contributed by atoms with Crippen molar-refractivity contribution in [2.75, 3.05) is 62.2 Å². The maximum atomic E-state index is 12.5. The predicted octanol–water partition coefficient (Wildman–Crippen LogP) is 2.63. The highest BCUT2D eigenvalue weighted by molar-refractivity contribution is 5.79. The summed E-state index contributed by atoms with van der Waals surface area (Å²) in [6.45, 7) is 8.05. The maximum absolute atomic E-state index is 12.5. The van der Waals surface area contributed by atoms with Gasteiger partial charge < -0.3 is 15.1 Å². The molecule has 0 bridgehead atoms. The first-order chi connectivity index (χ1) is 14.8. The van der Waals surface area contributed by atoms with Crippen LogP contribution in [0.2, 0.25) is 0 Å². The van der Waals surface area contributed by atoms with Crippen molar-refractivity contribution in [2.45, 2.75) is 19.3 Å². The average Bonchev–Trinajstić information content (AvgIpc) is 2.83. The van der Waals surface area contributed by atoms with Crippen molar-refractivity contribution in [2.24, 2.45) is 5.92 Å². The Morgan fingerprint density at radius 2 is 1.50 bits per heavy atom. The Hall–Kier alpha value is -2.60. The van der Waals surface area contributed by atoms with E-state index in [1.54, 1.807) is 0 Å². The molecule has 1 amide bonds. The number of carbonyl (C=O) groups is 1. The van der Waals surface area contributed by atoms with Crippen LogP contribution in [-0.4, -0.2) is 68.1 Å². The molecule has 1 aromatic heterocycles.